The molecule has 0 fully saturated rings. The zero-order valence-corrected chi connectivity index (χ0v) is 13.3. The van der Waals surface area contributed by atoms with Crippen LogP contribution in [0.15, 0.2) is 47.1 Å². The van der Waals surface area contributed by atoms with Crippen molar-refractivity contribution in [1.82, 2.24) is 30.2 Å². The molecule has 0 unspecified atom stereocenters. The van der Waals surface area contributed by atoms with Crippen molar-refractivity contribution in [2.24, 2.45) is 0 Å². The van der Waals surface area contributed by atoms with Crippen LogP contribution in [0.25, 0.3) is 22.2 Å². The van der Waals surface area contributed by atoms with Gasteiger partial charge in [-0.15, -0.1) is 15.3 Å². The average Bonchev–Trinajstić information content (AvgIpc) is 3.24. The van der Waals surface area contributed by atoms with Gasteiger partial charge in [0.25, 0.3) is 0 Å². The Morgan fingerprint density at radius 2 is 2.08 bits per heavy atom. The Bertz CT molecular complexity index is 974. The molecule has 4 rings (SSSR count). The van der Waals surface area contributed by atoms with Gasteiger partial charge in [0.05, 0.1) is 11.7 Å². The van der Waals surface area contributed by atoms with Gasteiger partial charge in [-0.3, -0.25) is 9.67 Å². The second-order valence-electron chi connectivity index (χ2n) is 5.60. The van der Waals surface area contributed by atoms with Gasteiger partial charge in [0, 0.05) is 37.0 Å². The van der Waals surface area contributed by atoms with Crippen LogP contribution < -0.4 is 0 Å². The van der Waals surface area contributed by atoms with Crippen LogP contribution >= 0.6 is 0 Å². The molecule has 0 spiro atoms. The Labute approximate surface area is 138 Å². The highest BCUT2D eigenvalue weighted by Crippen LogP contribution is 2.21. The number of nitrogens with zero attached hydrogens (tertiary/aromatic N) is 6. The quantitative estimate of drug-likeness (QED) is 0.562. The molecular formula is C17H16N6O. The summed E-state index contributed by atoms with van der Waals surface area (Å²) in [5.74, 6) is 1.26. The van der Waals surface area contributed by atoms with Gasteiger partial charge in [-0.2, -0.15) is 0 Å². The van der Waals surface area contributed by atoms with Crippen LogP contribution in [0.1, 0.15) is 18.2 Å². The van der Waals surface area contributed by atoms with Crippen molar-refractivity contribution in [1.29, 1.82) is 0 Å². The van der Waals surface area contributed by atoms with Gasteiger partial charge in [0.1, 0.15) is 5.69 Å². The molecule has 0 N–H and O–H groups in total. The van der Waals surface area contributed by atoms with Crippen molar-refractivity contribution in [3.05, 3.63) is 54.5 Å². The van der Waals surface area contributed by atoms with E-state index in [-0.39, 0.29) is 0 Å². The number of benzene rings is 1. The Balaban J connectivity index is 1.45. The van der Waals surface area contributed by atoms with E-state index in [1.54, 1.807) is 13.1 Å². The predicted molar refractivity (Wildman–Crippen MR) is 88.1 cm³/mol. The molecular weight excluding hydrogens is 304 g/mol. The maximum atomic E-state index is 5.36. The van der Waals surface area contributed by atoms with Crippen molar-refractivity contribution in [2.75, 3.05) is 0 Å². The molecule has 0 saturated carbocycles. The van der Waals surface area contributed by atoms with Crippen molar-refractivity contribution >= 4 is 10.9 Å². The van der Waals surface area contributed by atoms with Crippen LogP contribution in [0.2, 0.25) is 0 Å². The first-order chi connectivity index (χ1) is 11.8. The number of aryl methyl sites for hydroxylation is 3. The monoisotopic (exact) mass is 320 g/mol. The molecule has 7 nitrogen and oxygen atoms in total. The maximum absolute atomic E-state index is 5.36. The molecule has 3 heterocycles. The molecule has 1 aromatic carbocycles. The smallest absolute Gasteiger partial charge is 0.216 e. The van der Waals surface area contributed by atoms with E-state index >= 15 is 0 Å². The van der Waals surface area contributed by atoms with Crippen LogP contribution in [0.4, 0.5) is 0 Å². The number of rotatable bonds is 5. The van der Waals surface area contributed by atoms with Gasteiger partial charge in [-0.25, -0.2) is 0 Å². The van der Waals surface area contributed by atoms with Gasteiger partial charge in [-0.1, -0.05) is 23.4 Å². The molecule has 0 amide bonds. The molecule has 24 heavy (non-hydrogen) atoms. The normalized spacial score (nSPS) is 11.2. The second kappa shape index (κ2) is 6.19. The largest absolute Gasteiger partial charge is 0.426 e. The molecule has 0 aliphatic carbocycles. The first kappa shape index (κ1) is 14.5. The molecule has 0 bridgehead atoms. The zero-order chi connectivity index (χ0) is 16.4. The number of fused-ring (bicyclic) bond motifs is 1. The Kier molecular flexibility index (Phi) is 3.74. The lowest BCUT2D eigenvalue weighted by Crippen LogP contribution is -2.00. The van der Waals surface area contributed by atoms with Gasteiger partial charge < -0.3 is 4.42 Å². The summed E-state index contributed by atoms with van der Waals surface area (Å²) in [5, 5.41) is 17.4. The van der Waals surface area contributed by atoms with Crippen LogP contribution in [0.5, 0.6) is 0 Å². The minimum atomic E-state index is 0.595. The number of aromatic nitrogens is 6. The van der Waals surface area contributed by atoms with E-state index in [0.717, 1.165) is 41.5 Å². The molecule has 0 aliphatic rings. The number of hydrogen-bond donors (Lipinski definition) is 0. The van der Waals surface area contributed by atoms with E-state index in [2.05, 4.69) is 31.6 Å². The fourth-order valence-corrected chi connectivity index (χ4v) is 2.60. The summed E-state index contributed by atoms with van der Waals surface area (Å²) >= 11 is 0. The summed E-state index contributed by atoms with van der Waals surface area (Å²) in [6.07, 6.45) is 5.34. The fourth-order valence-electron chi connectivity index (χ4n) is 2.60. The summed E-state index contributed by atoms with van der Waals surface area (Å²) < 4.78 is 7.20. The van der Waals surface area contributed by atoms with Crippen molar-refractivity contribution in [2.45, 2.75) is 26.3 Å². The predicted octanol–water partition coefficient (Wildman–Crippen LogP) is 2.82. The van der Waals surface area contributed by atoms with Crippen LogP contribution in [-0.2, 0) is 13.0 Å². The van der Waals surface area contributed by atoms with Crippen molar-refractivity contribution < 1.29 is 4.42 Å². The van der Waals surface area contributed by atoms with Gasteiger partial charge in [0.15, 0.2) is 0 Å². The van der Waals surface area contributed by atoms with E-state index in [1.807, 2.05) is 35.1 Å². The standard InChI is InChI=1S/C17H16N6O/c1-12-19-21-17(24-12)5-3-9-23-11-16(20-22-23)14-7-6-13-4-2-8-18-15(13)10-14/h2,4,6-8,10-11H,3,5,9H2,1H3. The number of pyridine rings is 1. The lowest BCUT2D eigenvalue weighted by atomic mass is 10.1. The van der Waals surface area contributed by atoms with E-state index in [1.165, 1.54) is 0 Å². The fraction of sp³-hybridized carbons (Fsp3) is 0.235. The van der Waals surface area contributed by atoms with Crippen LogP contribution in [-0.4, -0.2) is 30.2 Å². The topological polar surface area (TPSA) is 82.5 Å². The summed E-state index contributed by atoms with van der Waals surface area (Å²) in [6.45, 7) is 2.54. The Hall–Kier alpha value is -3.09. The molecule has 0 saturated heterocycles. The summed E-state index contributed by atoms with van der Waals surface area (Å²) in [4.78, 5) is 4.38. The molecule has 0 radical (unpaired) electrons. The highest BCUT2D eigenvalue weighted by Gasteiger charge is 2.07. The third kappa shape index (κ3) is 3.01. The van der Waals surface area contributed by atoms with Gasteiger partial charge >= 0.3 is 0 Å². The molecule has 120 valence electrons. The molecule has 3 aromatic heterocycles. The lowest BCUT2D eigenvalue weighted by Gasteiger charge is -1.99. The molecule has 7 heteroatoms. The molecule has 0 aliphatic heterocycles. The summed E-state index contributed by atoms with van der Waals surface area (Å²) in [7, 11) is 0. The highest BCUT2D eigenvalue weighted by molar-refractivity contribution is 5.83. The maximum Gasteiger partial charge on any atom is 0.216 e. The second-order valence-corrected chi connectivity index (χ2v) is 5.60. The molecule has 4 aromatic rings. The van der Waals surface area contributed by atoms with Crippen LogP contribution in [0.3, 0.4) is 0 Å². The van der Waals surface area contributed by atoms with Gasteiger partial charge in [0.2, 0.25) is 11.8 Å². The first-order valence-electron chi connectivity index (χ1n) is 7.82. The minimum absolute atomic E-state index is 0.595. The van der Waals surface area contributed by atoms with E-state index in [9.17, 15) is 0 Å². The van der Waals surface area contributed by atoms with E-state index in [4.69, 9.17) is 4.42 Å². The Morgan fingerprint density at radius 1 is 1.12 bits per heavy atom. The van der Waals surface area contributed by atoms with E-state index in [0.29, 0.717) is 11.8 Å². The van der Waals surface area contributed by atoms with Gasteiger partial charge in [-0.05, 0) is 18.6 Å². The van der Waals surface area contributed by atoms with E-state index < -0.39 is 0 Å². The van der Waals surface area contributed by atoms with Crippen LogP contribution in [0, 0.1) is 6.92 Å². The minimum Gasteiger partial charge on any atom is -0.426 e. The first-order valence-corrected chi connectivity index (χ1v) is 7.82. The SMILES string of the molecule is Cc1nnc(CCCn2cc(-c3ccc4cccnc4c3)nn2)o1. The Morgan fingerprint density at radius 3 is 2.96 bits per heavy atom. The summed E-state index contributed by atoms with van der Waals surface area (Å²) in [5.41, 5.74) is 2.81. The van der Waals surface area contributed by atoms with Crippen molar-refractivity contribution in [3.63, 3.8) is 0 Å². The number of hydrogen-bond acceptors (Lipinski definition) is 6. The highest BCUT2D eigenvalue weighted by atomic mass is 16.4. The lowest BCUT2D eigenvalue weighted by molar-refractivity contribution is 0.447. The summed E-state index contributed by atoms with van der Waals surface area (Å²) in [6, 6.07) is 10.1. The third-order valence-electron chi connectivity index (χ3n) is 3.79. The third-order valence-corrected chi connectivity index (χ3v) is 3.79. The average molecular weight is 320 g/mol. The molecule has 0 atom stereocenters. The van der Waals surface area contributed by atoms with Crippen molar-refractivity contribution in [3.8, 4) is 11.3 Å². The zero-order valence-electron chi connectivity index (χ0n) is 13.3.